The predicted molar refractivity (Wildman–Crippen MR) is 99.0 cm³/mol. The van der Waals surface area contributed by atoms with Crippen molar-refractivity contribution >= 4 is 11.6 Å². The monoisotopic (exact) mass is 361 g/mol. The third-order valence-electron chi connectivity index (χ3n) is 4.84. The highest BCUT2D eigenvalue weighted by Crippen LogP contribution is 2.37. The van der Waals surface area contributed by atoms with Crippen LogP contribution in [0.4, 0.5) is 0 Å². The molecule has 0 bridgehead atoms. The molecule has 0 aromatic heterocycles. The maximum absolute atomic E-state index is 11.2. The molecule has 0 amide bonds. The van der Waals surface area contributed by atoms with E-state index in [1.54, 1.807) is 19.2 Å². The number of hydrogen-bond donors (Lipinski definition) is 2. The van der Waals surface area contributed by atoms with Gasteiger partial charge in [0, 0.05) is 23.7 Å². The van der Waals surface area contributed by atoms with Crippen LogP contribution >= 0.6 is 11.6 Å². The largest absolute Gasteiger partial charge is 0.496 e. The van der Waals surface area contributed by atoms with Crippen LogP contribution in [0.25, 0.3) is 0 Å². The van der Waals surface area contributed by atoms with E-state index in [0.717, 1.165) is 24.1 Å². The maximum Gasteiger partial charge on any atom is 0.124 e. The number of rotatable bonds is 5. The Hall–Kier alpha value is -1.59. The number of hydrogen-bond acceptors (Lipinski definition) is 4. The minimum Gasteiger partial charge on any atom is -0.496 e. The summed E-state index contributed by atoms with van der Waals surface area (Å²) < 4.78 is 5.42. The van der Waals surface area contributed by atoms with Crippen molar-refractivity contribution in [2.24, 2.45) is 0 Å². The van der Waals surface area contributed by atoms with Gasteiger partial charge in [-0.05, 0) is 43.1 Å². The van der Waals surface area contributed by atoms with Crippen LogP contribution in [0.2, 0.25) is 5.02 Å². The number of halogens is 1. The second kappa shape index (κ2) is 7.75. The molecule has 5 heteroatoms. The van der Waals surface area contributed by atoms with Crippen LogP contribution in [0, 0.1) is 0 Å². The van der Waals surface area contributed by atoms with Gasteiger partial charge in [0.15, 0.2) is 0 Å². The summed E-state index contributed by atoms with van der Waals surface area (Å²) in [7, 11) is 1.62. The molecule has 2 aromatic rings. The molecule has 2 atom stereocenters. The van der Waals surface area contributed by atoms with Crippen LogP contribution in [0.1, 0.15) is 30.1 Å². The van der Waals surface area contributed by atoms with E-state index in [-0.39, 0.29) is 0 Å². The highest BCUT2D eigenvalue weighted by Gasteiger charge is 2.37. The van der Waals surface area contributed by atoms with E-state index in [0.29, 0.717) is 30.3 Å². The van der Waals surface area contributed by atoms with Crippen LogP contribution in [-0.2, 0) is 5.60 Å². The molecule has 3 rings (SSSR count). The van der Waals surface area contributed by atoms with Gasteiger partial charge < -0.3 is 14.9 Å². The molecule has 0 aliphatic carbocycles. The van der Waals surface area contributed by atoms with Crippen molar-refractivity contribution < 1.29 is 14.9 Å². The fraction of sp³-hybridized carbons (Fsp3) is 0.400. The number of aliphatic hydroxyl groups excluding tert-OH is 1. The molecule has 0 unspecified atom stereocenters. The molecule has 1 fully saturated rings. The van der Waals surface area contributed by atoms with Gasteiger partial charge >= 0.3 is 0 Å². The fourth-order valence-corrected chi connectivity index (χ4v) is 3.69. The summed E-state index contributed by atoms with van der Waals surface area (Å²) in [6.45, 7) is 1.79. The quantitative estimate of drug-likeness (QED) is 0.857. The Balaban J connectivity index is 1.73. The number of aliphatic hydroxyl groups is 2. The molecular formula is C20H24ClNO3. The third kappa shape index (κ3) is 4.15. The van der Waals surface area contributed by atoms with Crippen molar-refractivity contribution in [3.8, 4) is 5.75 Å². The molecule has 1 aliphatic rings. The molecule has 2 aromatic carbocycles. The second-order valence-corrected chi connectivity index (χ2v) is 7.07. The lowest BCUT2D eigenvalue weighted by Gasteiger charge is -2.40. The molecule has 1 heterocycles. The maximum atomic E-state index is 11.2. The summed E-state index contributed by atoms with van der Waals surface area (Å²) in [5.41, 5.74) is 0.670. The van der Waals surface area contributed by atoms with E-state index in [2.05, 4.69) is 4.90 Å². The van der Waals surface area contributed by atoms with Gasteiger partial charge in [0.05, 0.1) is 13.2 Å². The SMILES string of the molecule is COc1ccccc1[C@@]1(O)CCCN(C[C@H](O)c2ccc(Cl)cc2)C1. The molecule has 1 saturated heterocycles. The van der Waals surface area contributed by atoms with Gasteiger partial charge in [-0.3, -0.25) is 4.90 Å². The Labute approximate surface area is 153 Å². The topological polar surface area (TPSA) is 52.9 Å². The van der Waals surface area contributed by atoms with Crippen LogP contribution < -0.4 is 4.74 Å². The van der Waals surface area contributed by atoms with E-state index < -0.39 is 11.7 Å². The lowest BCUT2D eigenvalue weighted by atomic mass is 9.85. The minimum atomic E-state index is -0.968. The lowest BCUT2D eigenvalue weighted by molar-refractivity contribution is -0.0474. The van der Waals surface area contributed by atoms with Crippen LogP contribution in [-0.4, -0.2) is 41.9 Å². The lowest BCUT2D eigenvalue weighted by Crippen LogP contribution is -2.47. The number of methoxy groups -OCH3 is 1. The molecule has 25 heavy (non-hydrogen) atoms. The fourth-order valence-electron chi connectivity index (χ4n) is 3.56. The number of piperidine rings is 1. The van der Waals surface area contributed by atoms with Crippen molar-refractivity contribution in [1.29, 1.82) is 0 Å². The molecule has 0 radical (unpaired) electrons. The number of likely N-dealkylation sites (tertiary alicyclic amines) is 1. The minimum absolute atomic E-state index is 0.470. The summed E-state index contributed by atoms with van der Waals surface area (Å²) in [4.78, 5) is 2.11. The van der Waals surface area contributed by atoms with E-state index in [4.69, 9.17) is 16.3 Å². The van der Waals surface area contributed by atoms with E-state index >= 15 is 0 Å². The zero-order valence-electron chi connectivity index (χ0n) is 14.4. The summed E-state index contributed by atoms with van der Waals surface area (Å²) in [6, 6.07) is 14.8. The average Bonchev–Trinajstić information content (AvgIpc) is 2.62. The van der Waals surface area contributed by atoms with Crippen molar-refractivity contribution in [1.82, 2.24) is 4.90 Å². The molecule has 0 spiro atoms. The zero-order chi connectivity index (χ0) is 17.9. The van der Waals surface area contributed by atoms with E-state index in [1.165, 1.54) is 0 Å². The summed E-state index contributed by atoms with van der Waals surface area (Å²) in [5, 5.41) is 22.4. The van der Waals surface area contributed by atoms with Gasteiger partial charge in [0.2, 0.25) is 0 Å². The molecule has 134 valence electrons. The Kier molecular flexibility index (Phi) is 5.64. The first-order chi connectivity index (χ1) is 12.0. The standard InChI is InChI=1S/C20H24ClNO3/c1-25-19-6-3-2-5-17(19)20(24)11-4-12-22(14-20)13-18(23)15-7-9-16(21)10-8-15/h2-3,5-10,18,23-24H,4,11-14H2,1H3/t18-,20+/m0/s1. The first-order valence-corrected chi connectivity index (χ1v) is 8.91. The molecule has 1 aliphatic heterocycles. The number of para-hydroxylation sites is 1. The van der Waals surface area contributed by atoms with Crippen molar-refractivity contribution in [3.63, 3.8) is 0 Å². The predicted octanol–water partition coefficient (Wildman–Crippen LogP) is 3.37. The molecular weight excluding hydrogens is 338 g/mol. The normalized spacial score (nSPS) is 22.6. The summed E-state index contributed by atoms with van der Waals surface area (Å²) in [6.07, 6.45) is 0.931. The van der Waals surface area contributed by atoms with Gasteiger partial charge in [-0.25, -0.2) is 0 Å². The Morgan fingerprint density at radius 1 is 1.20 bits per heavy atom. The first kappa shape index (κ1) is 18.2. The van der Waals surface area contributed by atoms with Crippen molar-refractivity contribution in [3.05, 3.63) is 64.7 Å². The van der Waals surface area contributed by atoms with Gasteiger partial charge in [-0.1, -0.05) is 41.9 Å². The molecule has 4 nitrogen and oxygen atoms in total. The highest BCUT2D eigenvalue weighted by molar-refractivity contribution is 6.30. The molecule has 2 N–H and O–H groups in total. The summed E-state index contributed by atoms with van der Waals surface area (Å²) >= 11 is 5.91. The Morgan fingerprint density at radius 2 is 1.92 bits per heavy atom. The van der Waals surface area contributed by atoms with Crippen LogP contribution in [0.3, 0.4) is 0 Å². The van der Waals surface area contributed by atoms with Crippen molar-refractivity contribution in [2.75, 3.05) is 26.7 Å². The Morgan fingerprint density at radius 3 is 2.64 bits per heavy atom. The summed E-state index contributed by atoms with van der Waals surface area (Å²) in [5.74, 6) is 0.699. The van der Waals surface area contributed by atoms with Gasteiger partial charge in [0.1, 0.15) is 11.4 Å². The number of nitrogens with zero attached hydrogens (tertiary/aromatic N) is 1. The van der Waals surface area contributed by atoms with Crippen molar-refractivity contribution in [2.45, 2.75) is 24.5 Å². The number of benzene rings is 2. The zero-order valence-corrected chi connectivity index (χ0v) is 15.1. The van der Waals surface area contributed by atoms with Gasteiger partial charge in [0.25, 0.3) is 0 Å². The average molecular weight is 362 g/mol. The highest BCUT2D eigenvalue weighted by atomic mass is 35.5. The number of ether oxygens (including phenoxy) is 1. The van der Waals surface area contributed by atoms with Gasteiger partial charge in [-0.2, -0.15) is 0 Å². The second-order valence-electron chi connectivity index (χ2n) is 6.64. The number of β-amino-alcohol motifs (C(OH)–C–C–N with tert-alkyl or cyclic N) is 2. The van der Waals surface area contributed by atoms with E-state index in [9.17, 15) is 10.2 Å². The first-order valence-electron chi connectivity index (χ1n) is 8.53. The smallest absolute Gasteiger partial charge is 0.124 e. The van der Waals surface area contributed by atoms with E-state index in [1.807, 2.05) is 36.4 Å². The van der Waals surface area contributed by atoms with Crippen LogP contribution in [0.15, 0.2) is 48.5 Å². The van der Waals surface area contributed by atoms with Crippen LogP contribution in [0.5, 0.6) is 5.75 Å². The Bertz CT molecular complexity index is 706. The third-order valence-corrected chi connectivity index (χ3v) is 5.10. The molecule has 0 saturated carbocycles. The van der Waals surface area contributed by atoms with Gasteiger partial charge in [-0.15, -0.1) is 0 Å².